The molecule has 0 bridgehead atoms. The van der Waals surface area contributed by atoms with E-state index in [4.69, 9.17) is 15.4 Å². The number of hydrogen-bond donors (Lipinski definition) is 1. The normalized spacial score (nSPS) is 11.8. The minimum absolute atomic E-state index is 0.555. The molecule has 7 rings (SSSR count). The van der Waals surface area contributed by atoms with Gasteiger partial charge in [-0.25, -0.2) is 9.97 Å². The third kappa shape index (κ3) is 6.80. The minimum atomic E-state index is 0.555. The van der Waals surface area contributed by atoms with Gasteiger partial charge in [0.05, 0.1) is 11.4 Å². The number of allylic oxidation sites excluding steroid dienone is 7. The number of fused-ring (bicyclic) bond motifs is 3. The maximum absolute atomic E-state index is 7.80. The molecule has 7 aromatic rings. The average Bonchev–Trinajstić information content (AvgIpc) is 3.18. The zero-order chi connectivity index (χ0) is 34.3. The molecule has 0 saturated heterocycles. The number of aromatic nitrogens is 2. The van der Waals surface area contributed by atoms with Crippen LogP contribution in [0, 0.1) is 5.41 Å². The van der Waals surface area contributed by atoms with Gasteiger partial charge in [-0.2, -0.15) is 0 Å². The van der Waals surface area contributed by atoms with Crippen LogP contribution in [0.4, 0.5) is 0 Å². The van der Waals surface area contributed by atoms with Crippen molar-refractivity contribution < 1.29 is 0 Å². The molecule has 1 N–H and O–H groups in total. The lowest BCUT2D eigenvalue weighted by Gasteiger charge is -2.11. The van der Waals surface area contributed by atoms with Gasteiger partial charge in [0, 0.05) is 22.9 Å². The summed E-state index contributed by atoms with van der Waals surface area (Å²) < 4.78 is 0. The van der Waals surface area contributed by atoms with E-state index in [9.17, 15) is 0 Å². The van der Waals surface area contributed by atoms with Crippen molar-refractivity contribution in [3.05, 3.63) is 200 Å². The fourth-order valence-corrected chi connectivity index (χ4v) is 6.19. The molecular weight excluding hydrogens is 607 g/mol. The first kappa shape index (κ1) is 31.9. The lowest BCUT2D eigenvalue weighted by Crippen LogP contribution is -1.98. The molecule has 0 unspecified atom stereocenters. The summed E-state index contributed by atoms with van der Waals surface area (Å²) in [7, 11) is 0. The fraction of sp³-hybridized carbons (Fsp3) is 0. The molecule has 0 fully saturated rings. The lowest BCUT2D eigenvalue weighted by atomic mass is 9.97. The van der Waals surface area contributed by atoms with Crippen LogP contribution in [0.5, 0.6) is 0 Å². The van der Waals surface area contributed by atoms with Crippen molar-refractivity contribution in [3.63, 3.8) is 0 Å². The van der Waals surface area contributed by atoms with Crippen LogP contribution in [-0.4, -0.2) is 16.2 Å². The zero-order valence-corrected chi connectivity index (χ0v) is 27.6. The average molecular weight is 642 g/mol. The van der Waals surface area contributed by atoms with Crippen LogP contribution in [0.3, 0.4) is 0 Å². The summed E-state index contributed by atoms with van der Waals surface area (Å²) in [6.07, 6.45) is 13.0. The summed E-state index contributed by atoms with van der Waals surface area (Å²) >= 11 is 0. The van der Waals surface area contributed by atoms with Crippen molar-refractivity contribution >= 4 is 45.0 Å². The standard InChI is InChI=1S/C47H35N3/c1-3-14-41(32-48)35-25-27-36(28-26-35)45-31-46(40-21-13-20-37(29-40)34-16-5-4-6-17-34)50-47(49-45)33(2)15-7-8-18-38-30-39-19-9-10-22-42(39)44-24-12-11-23-43(38)44/h3-32,48H,1-2H2/b15-7-,18-8+,41-14+,48-32?. The second-order valence-corrected chi connectivity index (χ2v) is 12.0. The van der Waals surface area contributed by atoms with Gasteiger partial charge in [0.1, 0.15) is 0 Å². The molecule has 0 atom stereocenters. The van der Waals surface area contributed by atoms with Gasteiger partial charge in [0.25, 0.3) is 0 Å². The Hall–Kier alpha value is -6.71. The van der Waals surface area contributed by atoms with Gasteiger partial charge < -0.3 is 5.41 Å². The van der Waals surface area contributed by atoms with Crippen molar-refractivity contribution in [2.75, 3.05) is 0 Å². The molecule has 50 heavy (non-hydrogen) atoms. The molecule has 3 heteroatoms. The molecule has 6 aromatic carbocycles. The van der Waals surface area contributed by atoms with Gasteiger partial charge in [-0.15, -0.1) is 0 Å². The Morgan fingerprint density at radius 1 is 0.580 bits per heavy atom. The quantitative estimate of drug-likeness (QED) is 0.0918. The van der Waals surface area contributed by atoms with Gasteiger partial charge in [-0.05, 0) is 67.6 Å². The van der Waals surface area contributed by atoms with Crippen molar-refractivity contribution in [1.82, 2.24) is 9.97 Å². The maximum atomic E-state index is 7.80. The highest BCUT2D eigenvalue weighted by Gasteiger charge is 2.12. The fourth-order valence-electron chi connectivity index (χ4n) is 6.19. The van der Waals surface area contributed by atoms with Crippen molar-refractivity contribution in [2.45, 2.75) is 0 Å². The largest absolute Gasteiger partial charge is 0.308 e. The molecule has 0 aliphatic heterocycles. The van der Waals surface area contributed by atoms with Gasteiger partial charge in [-0.3, -0.25) is 0 Å². The Morgan fingerprint density at radius 2 is 1.24 bits per heavy atom. The van der Waals surface area contributed by atoms with Gasteiger partial charge in [0.2, 0.25) is 0 Å². The van der Waals surface area contributed by atoms with E-state index in [2.05, 4.69) is 110 Å². The molecule has 0 saturated carbocycles. The number of rotatable bonds is 10. The van der Waals surface area contributed by atoms with Crippen LogP contribution in [-0.2, 0) is 0 Å². The second-order valence-electron chi connectivity index (χ2n) is 12.0. The van der Waals surface area contributed by atoms with Crippen LogP contribution >= 0.6 is 0 Å². The molecule has 0 aliphatic carbocycles. The Bertz CT molecular complexity index is 2460. The Balaban J connectivity index is 1.24. The Morgan fingerprint density at radius 3 is 2.00 bits per heavy atom. The minimum Gasteiger partial charge on any atom is -0.308 e. The summed E-state index contributed by atoms with van der Waals surface area (Å²) in [5.74, 6) is 0.555. The molecule has 238 valence electrons. The van der Waals surface area contributed by atoms with E-state index in [1.54, 1.807) is 6.08 Å². The van der Waals surface area contributed by atoms with Crippen molar-refractivity contribution in [1.29, 1.82) is 5.41 Å². The van der Waals surface area contributed by atoms with Gasteiger partial charge in [-0.1, -0.05) is 171 Å². The molecule has 1 heterocycles. The predicted molar refractivity (Wildman–Crippen MR) is 214 cm³/mol. The highest BCUT2D eigenvalue weighted by Crippen LogP contribution is 2.31. The SMILES string of the molecule is C=C/C=C(\C=N)c1ccc(-c2cc(-c3cccc(-c4ccccc4)c3)nc(C(=C)/C=C\C=C\c3cc4ccccc4c4ccccc34)n2)cc1. The molecule has 1 aromatic heterocycles. The van der Waals surface area contributed by atoms with Crippen molar-refractivity contribution in [2.24, 2.45) is 0 Å². The Kier molecular flexibility index (Phi) is 9.30. The van der Waals surface area contributed by atoms with E-state index in [-0.39, 0.29) is 0 Å². The maximum Gasteiger partial charge on any atom is 0.159 e. The molecule has 3 nitrogen and oxygen atoms in total. The van der Waals surface area contributed by atoms with Crippen LogP contribution in [0.15, 0.2) is 183 Å². The highest BCUT2D eigenvalue weighted by molar-refractivity contribution is 6.11. The third-order valence-corrected chi connectivity index (χ3v) is 8.73. The summed E-state index contributed by atoms with van der Waals surface area (Å²) in [4.78, 5) is 10.0. The third-order valence-electron chi connectivity index (χ3n) is 8.73. The molecular formula is C47H35N3. The van der Waals surface area contributed by atoms with E-state index < -0.39 is 0 Å². The van der Waals surface area contributed by atoms with E-state index in [0.717, 1.165) is 50.3 Å². The zero-order valence-electron chi connectivity index (χ0n) is 27.6. The lowest BCUT2D eigenvalue weighted by molar-refractivity contribution is 1.13. The number of nitrogens with one attached hydrogen (secondary N) is 1. The van der Waals surface area contributed by atoms with Crippen LogP contribution in [0.2, 0.25) is 0 Å². The molecule has 0 amide bonds. The van der Waals surface area contributed by atoms with E-state index in [0.29, 0.717) is 11.4 Å². The van der Waals surface area contributed by atoms with Gasteiger partial charge >= 0.3 is 0 Å². The first-order chi connectivity index (χ1) is 24.6. The first-order valence-corrected chi connectivity index (χ1v) is 16.5. The summed E-state index contributed by atoms with van der Waals surface area (Å²) in [6, 6.07) is 48.1. The number of benzene rings is 6. The number of hydrogen-bond acceptors (Lipinski definition) is 3. The summed E-state index contributed by atoms with van der Waals surface area (Å²) in [5, 5.41) is 12.7. The van der Waals surface area contributed by atoms with E-state index in [1.807, 2.05) is 72.8 Å². The molecule has 0 aliphatic rings. The smallest absolute Gasteiger partial charge is 0.159 e. The molecule has 0 radical (unpaired) electrons. The summed E-state index contributed by atoms with van der Waals surface area (Å²) in [5.41, 5.74) is 9.39. The number of nitrogens with zero attached hydrogens (tertiary/aromatic N) is 2. The summed E-state index contributed by atoms with van der Waals surface area (Å²) in [6.45, 7) is 8.16. The Labute approximate surface area is 293 Å². The topological polar surface area (TPSA) is 49.6 Å². The van der Waals surface area contributed by atoms with Crippen molar-refractivity contribution in [3.8, 4) is 33.6 Å². The van der Waals surface area contributed by atoms with E-state index in [1.165, 1.54) is 27.8 Å². The second kappa shape index (κ2) is 14.6. The van der Waals surface area contributed by atoms with Crippen LogP contribution in [0.25, 0.3) is 72.4 Å². The molecule has 0 spiro atoms. The highest BCUT2D eigenvalue weighted by atomic mass is 14.9. The van der Waals surface area contributed by atoms with Crippen LogP contribution in [0.1, 0.15) is 17.0 Å². The predicted octanol–water partition coefficient (Wildman–Crippen LogP) is 12.3. The first-order valence-electron chi connectivity index (χ1n) is 16.5. The van der Waals surface area contributed by atoms with Crippen LogP contribution < -0.4 is 0 Å². The van der Waals surface area contributed by atoms with E-state index >= 15 is 0 Å². The monoisotopic (exact) mass is 641 g/mol. The van der Waals surface area contributed by atoms with Gasteiger partial charge in [0.15, 0.2) is 5.82 Å².